The van der Waals surface area contributed by atoms with Crippen molar-refractivity contribution in [1.82, 2.24) is 19.9 Å². The maximum atomic E-state index is 14.1. The average molecular weight is 570 g/mol. The van der Waals surface area contributed by atoms with E-state index in [0.29, 0.717) is 47.7 Å². The van der Waals surface area contributed by atoms with E-state index in [1.54, 1.807) is 31.4 Å². The Labute approximate surface area is 242 Å². The molecule has 9 nitrogen and oxygen atoms in total. The van der Waals surface area contributed by atoms with Crippen LogP contribution in [0.15, 0.2) is 88.4 Å². The van der Waals surface area contributed by atoms with Crippen LogP contribution in [0.3, 0.4) is 0 Å². The van der Waals surface area contributed by atoms with Gasteiger partial charge in [-0.3, -0.25) is 14.4 Å². The van der Waals surface area contributed by atoms with Gasteiger partial charge in [-0.25, -0.2) is 4.39 Å². The summed E-state index contributed by atoms with van der Waals surface area (Å²) in [5, 5.41) is 9.09. The van der Waals surface area contributed by atoms with Gasteiger partial charge in [-0.15, -0.1) is 5.10 Å². The molecule has 42 heavy (non-hydrogen) atoms. The Balaban J connectivity index is 0.975. The van der Waals surface area contributed by atoms with Gasteiger partial charge < -0.3 is 18.8 Å². The maximum absolute atomic E-state index is 14.1. The lowest BCUT2D eigenvalue weighted by atomic mass is 10.1. The molecule has 0 radical (unpaired) electrons. The van der Waals surface area contributed by atoms with Crippen molar-refractivity contribution in [3.63, 3.8) is 0 Å². The van der Waals surface area contributed by atoms with Crippen LogP contribution in [0, 0.1) is 5.82 Å². The second-order valence-electron chi connectivity index (χ2n) is 10.3. The summed E-state index contributed by atoms with van der Waals surface area (Å²) in [6.45, 7) is 5.08. The molecule has 216 valence electrons. The minimum absolute atomic E-state index is 0.0954. The van der Waals surface area contributed by atoms with E-state index in [4.69, 9.17) is 13.9 Å². The average Bonchev–Trinajstić information content (AvgIpc) is 3.47. The smallest absolute Gasteiger partial charge is 0.200 e. The van der Waals surface area contributed by atoms with Crippen molar-refractivity contribution in [3.8, 4) is 22.6 Å². The quantitative estimate of drug-likeness (QED) is 0.218. The summed E-state index contributed by atoms with van der Waals surface area (Å²) in [7, 11) is 1.60. The number of fused-ring (bicyclic) bond motifs is 1. The lowest BCUT2D eigenvalue weighted by molar-refractivity contribution is 0.246. The van der Waals surface area contributed by atoms with Crippen LogP contribution >= 0.6 is 0 Å². The van der Waals surface area contributed by atoms with E-state index in [1.807, 2.05) is 47.3 Å². The Kier molecular flexibility index (Phi) is 8.14. The Bertz CT molecular complexity index is 1710. The third-order valence-corrected chi connectivity index (χ3v) is 7.48. The Hall–Kier alpha value is -4.70. The monoisotopic (exact) mass is 569 g/mol. The lowest BCUT2D eigenvalue weighted by Crippen LogP contribution is -2.46. The van der Waals surface area contributed by atoms with Crippen molar-refractivity contribution >= 4 is 16.7 Å². The minimum Gasteiger partial charge on any atom is -0.497 e. The molecule has 0 amide bonds. The number of piperazine rings is 1. The fourth-order valence-electron chi connectivity index (χ4n) is 5.19. The van der Waals surface area contributed by atoms with Gasteiger partial charge in [-0.2, -0.15) is 0 Å². The summed E-state index contributed by atoms with van der Waals surface area (Å²) in [5.41, 5.74) is 3.22. The number of methoxy groups -OCH3 is 1. The van der Waals surface area contributed by atoms with Gasteiger partial charge in [0.05, 0.1) is 36.0 Å². The van der Waals surface area contributed by atoms with Crippen LogP contribution in [-0.2, 0) is 13.1 Å². The van der Waals surface area contributed by atoms with Crippen molar-refractivity contribution in [1.29, 1.82) is 0 Å². The zero-order valence-electron chi connectivity index (χ0n) is 23.4. The Morgan fingerprint density at radius 3 is 2.55 bits per heavy atom. The van der Waals surface area contributed by atoms with E-state index >= 15 is 0 Å². The van der Waals surface area contributed by atoms with Crippen LogP contribution in [0.5, 0.6) is 11.5 Å². The summed E-state index contributed by atoms with van der Waals surface area (Å²) < 4.78 is 32.8. The molecule has 0 atom stereocenters. The molecule has 1 aliphatic heterocycles. The van der Waals surface area contributed by atoms with E-state index in [1.165, 1.54) is 12.3 Å². The molecule has 0 saturated carbocycles. The highest BCUT2D eigenvalue weighted by Crippen LogP contribution is 2.25. The molecule has 0 N–H and O–H groups in total. The molecule has 0 unspecified atom stereocenters. The third kappa shape index (κ3) is 6.13. The third-order valence-electron chi connectivity index (χ3n) is 7.48. The Morgan fingerprint density at radius 2 is 1.76 bits per heavy atom. The van der Waals surface area contributed by atoms with Crippen molar-refractivity contribution in [2.45, 2.75) is 19.5 Å². The first-order valence-electron chi connectivity index (χ1n) is 14.0. The number of ether oxygens (including phenoxy) is 2. The molecule has 3 heterocycles. The second-order valence-corrected chi connectivity index (χ2v) is 10.3. The van der Waals surface area contributed by atoms with Crippen molar-refractivity contribution < 1.29 is 18.3 Å². The second kappa shape index (κ2) is 12.4. The number of halogens is 1. The minimum atomic E-state index is -0.176. The van der Waals surface area contributed by atoms with Gasteiger partial charge in [0, 0.05) is 58.0 Å². The van der Waals surface area contributed by atoms with Gasteiger partial charge in [0.2, 0.25) is 0 Å². The van der Waals surface area contributed by atoms with Crippen LogP contribution in [0.25, 0.3) is 22.1 Å². The van der Waals surface area contributed by atoms with Gasteiger partial charge in [0.1, 0.15) is 29.2 Å². The van der Waals surface area contributed by atoms with Crippen LogP contribution in [0.2, 0.25) is 0 Å². The molecule has 0 bridgehead atoms. The van der Waals surface area contributed by atoms with Crippen molar-refractivity contribution in [2.24, 2.45) is 0 Å². The lowest BCUT2D eigenvalue weighted by Gasteiger charge is -2.35. The summed E-state index contributed by atoms with van der Waals surface area (Å²) in [6, 6.07) is 19.5. The molecule has 10 heteroatoms. The topological polar surface area (TPSA) is 85.9 Å². The van der Waals surface area contributed by atoms with E-state index < -0.39 is 0 Å². The van der Waals surface area contributed by atoms with Crippen LogP contribution in [-0.4, -0.2) is 59.8 Å². The standard InChI is InChI=1S/C32H32FN5O4/c1-40-25-9-7-23(8-10-25)28-22-42-31-19-26(11-12-27(31)32(28)39)41-18-4-13-38-21-24(34-35-38)20-36-14-16-37(17-15-36)30-6-3-2-5-29(30)33/h2-3,5-12,19,21-22H,4,13-18,20H2,1H3. The summed E-state index contributed by atoms with van der Waals surface area (Å²) in [4.78, 5) is 17.5. The number of hydrogen-bond donors (Lipinski definition) is 0. The number of nitrogens with zero attached hydrogens (tertiary/aromatic N) is 5. The van der Waals surface area contributed by atoms with Crippen LogP contribution in [0.1, 0.15) is 12.1 Å². The molecule has 1 aliphatic rings. The first kappa shape index (κ1) is 27.5. The van der Waals surface area contributed by atoms with Crippen LogP contribution < -0.4 is 19.8 Å². The SMILES string of the molecule is COc1ccc(-c2coc3cc(OCCCn4cc(CN5CCN(c6ccccc6F)CC5)nn4)ccc3c2=O)cc1. The molecule has 5 aromatic rings. The van der Waals surface area contributed by atoms with Gasteiger partial charge in [0.15, 0.2) is 5.43 Å². The van der Waals surface area contributed by atoms with E-state index in [9.17, 15) is 9.18 Å². The zero-order valence-corrected chi connectivity index (χ0v) is 23.4. The number of rotatable bonds is 10. The van der Waals surface area contributed by atoms with E-state index in [2.05, 4.69) is 20.1 Å². The number of hydrogen-bond acceptors (Lipinski definition) is 8. The zero-order chi connectivity index (χ0) is 28.9. The largest absolute Gasteiger partial charge is 0.497 e. The molecule has 2 aromatic heterocycles. The molecule has 6 rings (SSSR count). The highest BCUT2D eigenvalue weighted by Gasteiger charge is 2.20. The number of para-hydroxylation sites is 1. The molecule has 0 spiro atoms. The first-order valence-corrected chi connectivity index (χ1v) is 14.0. The fourth-order valence-corrected chi connectivity index (χ4v) is 5.19. The van der Waals surface area contributed by atoms with Gasteiger partial charge >= 0.3 is 0 Å². The number of aromatic nitrogens is 3. The molecule has 3 aromatic carbocycles. The fraction of sp³-hybridized carbons (Fsp3) is 0.281. The van der Waals surface area contributed by atoms with Crippen LogP contribution in [0.4, 0.5) is 10.1 Å². The van der Waals surface area contributed by atoms with Crippen molar-refractivity contribution in [2.75, 3.05) is 44.8 Å². The first-order chi connectivity index (χ1) is 20.6. The summed E-state index contributed by atoms with van der Waals surface area (Å²) in [5.74, 6) is 1.18. The molecular formula is C32H32FN5O4. The predicted octanol–water partition coefficient (Wildman–Crippen LogP) is 4.99. The van der Waals surface area contributed by atoms with Gasteiger partial charge in [0.25, 0.3) is 0 Å². The highest BCUT2D eigenvalue weighted by atomic mass is 19.1. The molecule has 1 fully saturated rings. The van der Waals surface area contributed by atoms with Gasteiger partial charge in [-0.1, -0.05) is 29.5 Å². The molecule has 0 aliphatic carbocycles. The van der Waals surface area contributed by atoms with Crippen molar-refractivity contribution in [3.05, 3.63) is 101 Å². The normalized spacial score (nSPS) is 13.9. The maximum Gasteiger partial charge on any atom is 0.200 e. The molecular weight excluding hydrogens is 537 g/mol. The summed E-state index contributed by atoms with van der Waals surface area (Å²) >= 11 is 0. The highest BCUT2D eigenvalue weighted by molar-refractivity contribution is 5.82. The summed E-state index contributed by atoms with van der Waals surface area (Å²) in [6.07, 6.45) is 4.19. The number of benzene rings is 3. The van der Waals surface area contributed by atoms with Gasteiger partial charge in [-0.05, 0) is 42.0 Å². The Morgan fingerprint density at radius 1 is 0.976 bits per heavy atom. The molecule has 1 saturated heterocycles. The number of aryl methyl sites for hydroxylation is 1. The van der Waals surface area contributed by atoms with E-state index in [0.717, 1.165) is 49.6 Å². The van der Waals surface area contributed by atoms with E-state index in [-0.39, 0.29) is 11.2 Å². The predicted molar refractivity (Wildman–Crippen MR) is 158 cm³/mol. The number of anilines is 1.